The van der Waals surface area contributed by atoms with Crippen molar-refractivity contribution in [2.24, 2.45) is 0 Å². The smallest absolute Gasteiger partial charge is 0.267 e. The molecule has 21 heavy (non-hydrogen) atoms. The number of carbonyl (C=O) groups is 1. The van der Waals surface area contributed by atoms with Gasteiger partial charge in [-0.3, -0.25) is 4.79 Å². The van der Waals surface area contributed by atoms with E-state index >= 15 is 0 Å². The standard InChI is InChI=1S/C14H12N4O3/c1-9-5-13(18-21-9)16-8-10(7-15)14(20)17-11-3-2-4-12(19)6-11/h2-6,8,19H,1H3,(H,16,18)(H,17,20)/b10-8-. The molecule has 0 aliphatic rings. The minimum Gasteiger partial charge on any atom is -0.508 e. The number of hydrogen-bond donors (Lipinski definition) is 3. The van der Waals surface area contributed by atoms with Crippen LogP contribution < -0.4 is 10.6 Å². The van der Waals surface area contributed by atoms with Crippen LogP contribution in [0.1, 0.15) is 5.76 Å². The molecule has 0 atom stereocenters. The summed E-state index contributed by atoms with van der Waals surface area (Å²) in [6.07, 6.45) is 1.23. The lowest BCUT2D eigenvalue weighted by atomic mass is 10.2. The lowest BCUT2D eigenvalue weighted by Gasteiger charge is -2.04. The number of phenols is 1. The third-order valence-corrected chi connectivity index (χ3v) is 2.46. The second kappa shape index (κ2) is 6.25. The number of phenolic OH excluding ortho intramolecular Hbond substituents is 1. The molecule has 2 rings (SSSR count). The number of hydrogen-bond acceptors (Lipinski definition) is 6. The van der Waals surface area contributed by atoms with Crippen LogP contribution in [0.3, 0.4) is 0 Å². The van der Waals surface area contributed by atoms with Crippen molar-refractivity contribution in [2.45, 2.75) is 6.92 Å². The molecule has 106 valence electrons. The predicted molar refractivity (Wildman–Crippen MR) is 75.3 cm³/mol. The molecule has 7 heteroatoms. The minimum absolute atomic E-state index is 0.0199. The largest absolute Gasteiger partial charge is 0.508 e. The van der Waals surface area contributed by atoms with E-state index in [0.29, 0.717) is 17.3 Å². The van der Waals surface area contributed by atoms with E-state index in [1.165, 1.54) is 18.3 Å². The Morgan fingerprint density at radius 1 is 1.48 bits per heavy atom. The second-order valence-corrected chi connectivity index (χ2v) is 4.14. The summed E-state index contributed by atoms with van der Waals surface area (Å²) >= 11 is 0. The molecular formula is C14H12N4O3. The summed E-state index contributed by atoms with van der Waals surface area (Å²) < 4.78 is 4.85. The van der Waals surface area contributed by atoms with E-state index in [1.54, 1.807) is 31.2 Å². The summed E-state index contributed by atoms with van der Waals surface area (Å²) in [6, 6.07) is 9.44. The van der Waals surface area contributed by atoms with E-state index in [2.05, 4.69) is 15.8 Å². The molecule has 0 spiro atoms. The Kier molecular flexibility index (Phi) is 4.21. The molecule has 0 bridgehead atoms. The fraction of sp³-hybridized carbons (Fsp3) is 0.0714. The van der Waals surface area contributed by atoms with Crippen molar-refractivity contribution < 1.29 is 14.4 Å². The molecule has 2 aromatic rings. The number of carbonyl (C=O) groups excluding carboxylic acids is 1. The van der Waals surface area contributed by atoms with Crippen molar-refractivity contribution in [3.63, 3.8) is 0 Å². The van der Waals surface area contributed by atoms with Gasteiger partial charge in [0.2, 0.25) is 0 Å². The number of nitrogens with one attached hydrogen (secondary N) is 2. The molecule has 1 aromatic heterocycles. The number of aromatic hydroxyl groups is 1. The van der Waals surface area contributed by atoms with Crippen molar-refractivity contribution >= 4 is 17.4 Å². The molecule has 0 unspecified atom stereocenters. The van der Waals surface area contributed by atoms with Gasteiger partial charge >= 0.3 is 0 Å². The van der Waals surface area contributed by atoms with E-state index in [9.17, 15) is 9.90 Å². The zero-order chi connectivity index (χ0) is 15.2. The summed E-state index contributed by atoms with van der Waals surface area (Å²) in [4.78, 5) is 11.9. The number of anilines is 2. The van der Waals surface area contributed by atoms with Gasteiger partial charge < -0.3 is 20.3 Å². The Hall–Kier alpha value is -3.27. The Labute approximate surface area is 120 Å². The SMILES string of the molecule is Cc1cc(N/C=C(/C#N)C(=O)Nc2cccc(O)c2)no1. The molecule has 0 fully saturated rings. The molecule has 0 saturated carbocycles. The van der Waals surface area contributed by atoms with E-state index in [1.807, 2.05) is 0 Å². The van der Waals surface area contributed by atoms with Gasteiger partial charge in [-0.15, -0.1) is 0 Å². The molecule has 0 aliphatic heterocycles. The highest BCUT2D eigenvalue weighted by atomic mass is 16.5. The van der Waals surface area contributed by atoms with Crippen molar-refractivity contribution in [3.05, 3.63) is 47.9 Å². The highest BCUT2D eigenvalue weighted by Crippen LogP contribution is 2.16. The van der Waals surface area contributed by atoms with Gasteiger partial charge in [0, 0.05) is 24.0 Å². The van der Waals surface area contributed by atoms with Crippen LogP contribution >= 0.6 is 0 Å². The number of aryl methyl sites for hydroxylation is 1. The highest BCUT2D eigenvalue weighted by Gasteiger charge is 2.10. The zero-order valence-corrected chi connectivity index (χ0v) is 11.1. The summed E-state index contributed by atoms with van der Waals surface area (Å²) in [6.45, 7) is 1.72. The Morgan fingerprint density at radius 2 is 2.29 bits per heavy atom. The average Bonchev–Trinajstić information content (AvgIpc) is 2.85. The quantitative estimate of drug-likeness (QED) is 0.586. The molecule has 1 heterocycles. The van der Waals surface area contributed by atoms with E-state index in [-0.39, 0.29) is 11.3 Å². The van der Waals surface area contributed by atoms with Gasteiger partial charge in [-0.25, -0.2) is 0 Å². The van der Waals surface area contributed by atoms with Gasteiger partial charge in [0.15, 0.2) is 5.82 Å². The summed E-state index contributed by atoms with van der Waals surface area (Å²) in [5, 5.41) is 27.2. The van der Waals surface area contributed by atoms with Crippen molar-refractivity contribution in [2.75, 3.05) is 10.6 Å². The Balaban J connectivity index is 2.06. The topological polar surface area (TPSA) is 111 Å². The summed E-state index contributed by atoms with van der Waals surface area (Å²) in [5.41, 5.74) is 0.248. The summed E-state index contributed by atoms with van der Waals surface area (Å²) in [7, 11) is 0. The maximum Gasteiger partial charge on any atom is 0.267 e. The zero-order valence-electron chi connectivity index (χ0n) is 11.1. The predicted octanol–water partition coefficient (Wildman–Crippen LogP) is 2.15. The number of rotatable bonds is 4. The monoisotopic (exact) mass is 284 g/mol. The van der Waals surface area contributed by atoms with E-state index < -0.39 is 5.91 Å². The van der Waals surface area contributed by atoms with Gasteiger partial charge in [0.1, 0.15) is 23.2 Å². The number of nitrogens with zero attached hydrogens (tertiary/aromatic N) is 2. The average molecular weight is 284 g/mol. The first kappa shape index (κ1) is 14.1. The van der Waals surface area contributed by atoms with Gasteiger partial charge in [0.05, 0.1) is 0 Å². The second-order valence-electron chi connectivity index (χ2n) is 4.14. The van der Waals surface area contributed by atoms with Crippen molar-refractivity contribution in [3.8, 4) is 11.8 Å². The molecular weight excluding hydrogens is 272 g/mol. The first-order valence-electron chi connectivity index (χ1n) is 5.99. The maximum atomic E-state index is 11.9. The van der Waals surface area contributed by atoms with Gasteiger partial charge in [-0.2, -0.15) is 5.26 Å². The van der Waals surface area contributed by atoms with Crippen LogP contribution in [0.4, 0.5) is 11.5 Å². The molecule has 1 aromatic carbocycles. The van der Waals surface area contributed by atoms with E-state index in [0.717, 1.165) is 0 Å². The number of benzene rings is 1. The van der Waals surface area contributed by atoms with Crippen LogP contribution in [0.25, 0.3) is 0 Å². The fourth-order valence-electron chi connectivity index (χ4n) is 1.51. The fourth-order valence-corrected chi connectivity index (χ4v) is 1.51. The Bertz CT molecular complexity index is 728. The normalized spacial score (nSPS) is 10.8. The first-order valence-corrected chi connectivity index (χ1v) is 5.99. The first-order chi connectivity index (χ1) is 10.1. The van der Waals surface area contributed by atoms with Gasteiger partial charge in [0.25, 0.3) is 5.91 Å². The lowest BCUT2D eigenvalue weighted by molar-refractivity contribution is -0.112. The van der Waals surface area contributed by atoms with Crippen molar-refractivity contribution in [1.82, 2.24) is 5.16 Å². The van der Waals surface area contributed by atoms with Crippen molar-refractivity contribution in [1.29, 1.82) is 5.26 Å². The van der Waals surface area contributed by atoms with Crippen LogP contribution in [0.2, 0.25) is 0 Å². The highest BCUT2D eigenvalue weighted by molar-refractivity contribution is 6.06. The molecule has 7 nitrogen and oxygen atoms in total. The molecule has 1 amide bonds. The number of amides is 1. The van der Waals surface area contributed by atoms with Gasteiger partial charge in [-0.1, -0.05) is 11.2 Å². The van der Waals surface area contributed by atoms with Gasteiger partial charge in [-0.05, 0) is 19.1 Å². The number of nitriles is 1. The van der Waals surface area contributed by atoms with Crippen LogP contribution in [-0.4, -0.2) is 16.2 Å². The number of aromatic nitrogens is 1. The Morgan fingerprint density at radius 3 is 2.90 bits per heavy atom. The van der Waals surface area contributed by atoms with E-state index in [4.69, 9.17) is 9.78 Å². The lowest BCUT2D eigenvalue weighted by Crippen LogP contribution is -2.14. The van der Waals surface area contributed by atoms with Crippen LogP contribution in [0.5, 0.6) is 5.75 Å². The van der Waals surface area contributed by atoms with Crippen LogP contribution in [0.15, 0.2) is 46.6 Å². The third kappa shape index (κ3) is 3.84. The van der Waals surface area contributed by atoms with Crippen LogP contribution in [0, 0.1) is 18.3 Å². The minimum atomic E-state index is -0.601. The van der Waals surface area contributed by atoms with Crippen LogP contribution in [-0.2, 0) is 4.79 Å². The maximum absolute atomic E-state index is 11.9. The summed E-state index contributed by atoms with van der Waals surface area (Å²) in [5.74, 6) is 0.418. The molecule has 3 N–H and O–H groups in total. The third-order valence-electron chi connectivity index (χ3n) is 2.46. The molecule has 0 aliphatic carbocycles. The molecule has 0 radical (unpaired) electrons. The molecule has 0 saturated heterocycles.